The summed E-state index contributed by atoms with van der Waals surface area (Å²) in [5.74, 6) is 0.761. The van der Waals surface area contributed by atoms with Crippen LogP contribution in [0.4, 0.5) is 0 Å². The first-order valence-corrected chi connectivity index (χ1v) is 4.44. The van der Waals surface area contributed by atoms with E-state index in [1.165, 1.54) is 5.56 Å². The van der Waals surface area contributed by atoms with Gasteiger partial charge in [0.05, 0.1) is 0 Å². The highest BCUT2D eigenvalue weighted by molar-refractivity contribution is 5.82. The van der Waals surface area contributed by atoms with Gasteiger partial charge in [-0.15, -0.1) is 0 Å². The highest BCUT2D eigenvalue weighted by Gasteiger charge is 2.43. The van der Waals surface area contributed by atoms with Gasteiger partial charge in [0.1, 0.15) is 0 Å². The summed E-state index contributed by atoms with van der Waals surface area (Å²) in [4.78, 5) is 15.2. The van der Waals surface area contributed by atoms with Gasteiger partial charge in [0.25, 0.3) is 0 Å². The number of aromatic nitrogens is 1. The van der Waals surface area contributed by atoms with E-state index in [1.807, 2.05) is 12.1 Å². The molecule has 2 atom stereocenters. The van der Waals surface area contributed by atoms with E-state index in [2.05, 4.69) is 10.3 Å². The van der Waals surface area contributed by atoms with Crippen molar-refractivity contribution in [1.82, 2.24) is 10.3 Å². The van der Waals surface area contributed by atoms with Gasteiger partial charge in [-0.05, 0) is 30.0 Å². The molecule has 1 aliphatic rings. The lowest BCUT2D eigenvalue weighted by Gasteiger charge is -1.98. The van der Waals surface area contributed by atoms with Crippen LogP contribution in [0, 0.1) is 5.92 Å². The summed E-state index contributed by atoms with van der Waals surface area (Å²) in [5.41, 5.74) is 1.23. The maximum Gasteiger partial charge on any atom is 0.223 e. The molecule has 0 aliphatic heterocycles. The zero-order valence-electron chi connectivity index (χ0n) is 7.53. The Labute approximate surface area is 77.2 Å². The minimum atomic E-state index is 0.154. The first-order valence-electron chi connectivity index (χ1n) is 4.44. The van der Waals surface area contributed by atoms with Gasteiger partial charge in [-0.3, -0.25) is 9.78 Å². The Morgan fingerprint density at radius 3 is 2.85 bits per heavy atom. The van der Waals surface area contributed by atoms with Gasteiger partial charge in [0.2, 0.25) is 5.91 Å². The molecule has 1 aromatic heterocycles. The summed E-state index contributed by atoms with van der Waals surface area (Å²) < 4.78 is 0. The molecule has 1 aromatic rings. The number of carbonyl (C=O) groups excluding carboxylic acids is 1. The van der Waals surface area contributed by atoms with E-state index in [4.69, 9.17) is 0 Å². The van der Waals surface area contributed by atoms with Crippen LogP contribution >= 0.6 is 0 Å². The van der Waals surface area contributed by atoms with E-state index in [0.29, 0.717) is 5.92 Å². The number of hydrogen-bond acceptors (Lipinski definition) is 2. The Balaban J connectivity index is 2.04. The molecule has 0 bridgehead atoms. The molecule has 3 heteroatoms. The second-order valence-electron chi connectivity index (χ2n) is 3.34. The summed E-state index contributed by atoms with van der Waals surface area (Å²) >= 11 is 0. The summed E-state index contributed by atoms with van der Waals surface area (Å²) in [5, 5.41) is 2.67. The quantitative estimate of drug-likeness (QED) is 0.728. The lowest BCUT2D eigenvalue weighted by atomic mass is 10.1. The van der Waals surface area contributed by atoms with E-state index < -0.39 is 0 Å². The Bertz CT molecular complexity index is 310. The second kappa shape index (κ2) is 3.17. The lowest BCUT2D eigenvalue weighted by molar-refractivity contribution is -0.121. The molecule has 0 aromatic carbocycles. The first kappa shape index (κ1) is 8.23. The largest absolute Gasteiger partial charge is 0.359 e. The van der Waals surface area contributed by atoms with Crippen molar-refractivity contribution in [3.63, 3.8) is 0 Å². The fourth-order valence-electron chi connectivity index (χ4n) is 1.65. The predicted octanol–water partition coefficient (Wildman–Crippen LogP) is 0.931. The Kier molecular flexibility index (Phi) is 2.00. The summed E-state index contributed by atoms with van der Waals surface area (Å²) in [6.45, 7) is 0. The zero-order valence-corrected chi connectivity index (χ0v) is 7.53. The molecule has 1 heterocycles. The molecule has 2 unspecified atom stereocenters. The molecule has 1 aliphatic carbocycles. The van der Waals surface area contributed by atoms with Gasteiger partial charge in [-0.2, -0.15) is 0 Å². The van der Waals surface area contributed by atoms with E-state index in [1.54, 1.807) is 19.4 Å². The van der Waals surface area contributed by atoms with Crippen LogP contribution in [0.5, 0.6) is 0 Å². The molecule has 3 nitrogen and oxygen atoms in total. The standard InChI is InChI=1S/C10H12N2O/c1-11-10(13)9-6-8(9)7-2-4-12-5-3-7/h2-5,8-9H,6H2,1H3,(H,11,13). The molecule has 0 saturated heterocycles. The SMILES string of the molecule is CNC(=O)C1CC1c1ccncc1. The van der Waals surface area contributed by atoms with Crippen molar-refractivity contribution in [1.29, 1.82) is 0 Å². The topological polar surface area (TPSA) is 42.0 Å². The molecule has 0 spiro atoms. The van der Waals surface area contributed by atoms with Crippen molar-refractivity contribution >= 4 is 5.91 Å². The molecular weight excluding hydrogens is 164 g/mol. The van der Waals surface area contributed by atoms with E-state index >= 15 is 0 Å². The van der Waals surface area contributed by atoms with Gasteiger partial charge in [0, 0.05) is 25.4 Å². The molecule has 0 radical (unpaired) electrons. The monoisotopic (exact) mass is 176 g/mol. The van der Waals surface area contributed by atoms with Crippen LogP contribution in [0.3, 0.4) is 0 Å². The Morgan fingerprint density at radius 1 is 1.54 bits per heavy atom. The van der Waals surface area contributed by atoms with Gasteiger partial charge in [-0.25, -0.2) is 0 Å². The van der Waals surface area contributed by atoms with Crippen LogP contribution in [0.25, 0.3) is 0 Å². The average Bonchev–Trinajstić information content (AvgIpc) is 2.98. The number of amides is 1. The van der Waals surface area contributed by atoms with Gasteiger partial charge in [0.15, 0.2) is 0 Å². The maximum absolute atomic E-state index is 11.2. The Morgan fingerprint density at radius 2 is 2.23 bits per heavy atom. The third kappa shape index (κ3) is 1.54. The van der Waals surface area contributed by atoms with Crippen molar-refractivity contribution in [3.8, 4) is 0 Å². The molecule has 1 amide bonds. The number of pyridine rings is 1. The van der Waals surface area contributed by atoms with E-state index in [0.717, 1.165) is 6.42 Å². The van der Waals surface area contributed by atoms with Crippen LogP contribution in [-0.2, 0) is 4.79 Å². The minimum absolute atomic E-state index is 0.154. The molecule has 13 heavy (non-hydrogen) atoms. The third-order valence-corrected chi connectivity index (χ3v) is 2.51. The molecular formula is C10H12N2O. The van der Waals surface area contributed by atoms with E-state index in [-0.39, 0.29) is 11.8 Å². The van der Waals surface area contributed by atoms with Crippen molar-refractivity contribution < 1.29 is 4.79 Å². The lowest BCUT2D eigenvalue weighted by Crippen LogP contribution is -2.20. The molecule has 68 valence electrons. The fraction of sp³-hybridized carbons (Fsp3) is 0.400. The number of rotatable bonds is 2. The number of nitrogens with one attached hydrogen (secondary N) is 1. The Hall–Kier alpha value is -1.38. The minimum Gasteiger partial charge on any atom is -0.359 e. The summed E-state index contributed by atoms with van der Waals surface area (Å²) in [7, 11) is 1.68. The summed E-state index contributed by atoms with van der Waals surface area (Å²) in [6.07, 6.45) is 4.52. The first-order chi connectivity index (χ1) is 6.33. The van der Waals surface area contributed by atoms with Crippen molar-refractivity contribution in [2.24, 2.45) is 5.92 Å². The van der Waals surface area contributed by atoms with Gasteiger partial charge >= 0.3 is 0 Å². The normalized spacial score (nSPS) is 25.3. The predicted molar refractivity (Wildman–Crippen MR) is 49.2 cm³/mol. The average molecular weight is 176 g/mol. The molecule has 2 rings (SSSR count). The zero-order chi connectivity index (χ0) is 9.26. The van der Waals surface area contributed by atoms with Gasteiger partial charge < -0.3 is 5.32 Å². The summed E-state index contributed by atoms with van der Waals surface area (Å²) in [6, 6.07) is 3.96. The van der Waals surface area contributed by atoms with Crippen LogP contribution in [0.1, 0.15) is 17.9 Å². The van der Waals surface area contributed by atoms with Gasteiger partial charge in [-0.1, -0.05) is 0 Å². The van der Waals surface area contributed by atoms with Crippen LogP contribution in [0.15, 0.2) is 24.5 Å². The maximum atomic E-state index is 11.2. The number of hydrogen-bond donors (Lipinski definition) is 1. The molecule has 1 saturated carbocycles. The van der Waals surface area contributed by atoms with Crippen LogP contribution in [-0.4, -0.2) is 17.9 Å². The third-order valence-electron chi connectivity index (χ3n) is 2.51. The highest BCUT2D eigenvalue weighted by Crippen LogP contribution is 2.47. The van der Waals surface area contributed by atoms with E-state index in [9.17, 15) is 4.79 Å². The second-order valence-corrected chi connectivity index (χ2v) is 3.34. The van der Waals surface area contributed by atoms with Crippen LogP contribution in [0.2, 0.25) is 0 Å². The molecule has 1 fully saturated rings. The van der Waals surface area contributed by atoms with Crippen molar-refractivity contribution in [2.75, 3.05) is 7.05 Å². The number of carbonyl (C=O) groups is 1. The fourth-order valence-corrected chi connectivity index (χ4v) is 1.65. The highest BCUT2D eigenvalue weighted by atomic mass is 16.1. The smallest absolute Gasteiger partial charge is 0.223 e. The molecule has 1 N–H and O–H groups in total. The number of nitrogens with zero attached hydrogens (tertiary/aromatic N) is 1. The van der Waals surface area contributed by atoms with Crippen LogP contribution < -0.4 is 5.32 Å². The van der Waals surface area contributed by atoms with Crippen molar-refractivity contribution in [2.45, 2.75) is 12.3 Å². The van der Waals surface area contributed by atoms with Crippen molar-refractivity contribution in [3.05, 3.63) is 30.1 Å².